The standard InChI is InChI=1S/C24H27N3O2/c1-25(2)22-12-14-26(17-22)20-8-10-21(11-9-20)27-15-13-23(16-24(27)28)29-18-19-6-4-3-5-7-19/h3-11,13,15-16,22H,12,14,17-18H2,1-2H3/t22-/m0/s1. The molecule has 0 saturated carbocycles. The fraction of sp³-hybridized carbons (Fsp3) is 0.292. The van der Waals surface area contributed by atoms with Crippen LogP contribution < -0.4 is 15.2 Å². The Hall–Kier alpha value is -3.05. The van der Waals surface area contributed by atoms with Crippen LogP contribution in [0.25, 0.3) is 5.69 Å². The summed E-state index contributed by atoms with van der Waals surface area (Å²) in [6.45, 7) is 2.55. The molecule has 4 rings (SSSR count). The molecule has 0 amide bonds. The summed E-state index contributed by atoms with van der Waals surface area (Å²) in [5, 5.41) is 0. The van der Waals surface area contributed by atoms with E-state index in [4.69, 9.17) is 4.74 Å². The zero-order valence-electron chi connectivity index (χ0n) is 17.0. The minimum absolute atomic E-state index is 0.0999. The maximum Gasteiger partial charge on any atom is 0.258 e. The van der Waals surface area contributed by atoms with Crippen LogP contribution in [-0.2, 0) is 6.61 Å². The van der Waals surface area contributed by atoms with E-state index in [0.29, 0.717) is 18.4 Å². The number of hydrogen-bond donors (Lipinski definition) is 0. The molecule has 0 aliphatic carbocycles. The average molecular weight is 389 g/mol. The van der Waals surface area contributed by atoms with Gasteiger partial charge in [-0.05, 0) is 56.4 Å². The number of likely N-dealkylation sites (N-methyl/N-ethyl adjacent to an activating group) is 1. The predicted molar refractivity (Wildman–Crippen MR) is 117 cm³/mol. The molecule has 1 aliphatic rings. The molecule has 1 atom stereocenters. The highest BCUT2D eigenvalue weighted by Gasteiger charge is 2.23. The lowest BCUT2D eigenvalue weighted by molar-refractivity contribution is 0.305. The van der Waals surface area contributed by atoms with E-state index in [9.17, 15) is 4.79 Å². The third kappa shape index (κ3) is 4.51. The Bertz CT molecular complexity index is 997. The summed E-state index contributed by atoms with van der Waals surface area (Å²) in [6, 6.07) is 22.1. The zero-order valence-corrected chi connectivity index (χ0v) is 17.0. The molecular formula is C24H27N3O2. The molecule has 1 fully saturated rings. The molecule has 0 unspecified atom stereocenters. The second kappa shape index (κ2) is 8.53. The van der Waals surface area contributed by atoms with Crippen molar-refractivity contribution in [2.75, 3.05) is 32.1 Å². The number of ether oxygens (including phenoxy) is 1. The predicted octanol–water partition coefficient (Wildman–Crippen LogP) is 3.56. The SMILES string of the molecule is CN(C)[C@H]1CCN(c2ccc(-n3ccc(OCc4ccccc4)cc3=O)cc2)C1. The molecule has 3 aromatic rings. The first-order valence-corrected chi connectivity index (χ1v) is 10.0. The van der Waals surface area contributed by atoms with E-state index >= 15 is 0 Å². The van der Waals surface area contributed by atoms with Gasteiger partial charge < -0.3 is 14.5 Å². The minimum Gasteiger partial charge on any atom is -0.489 e. The lowest BCUT2D eigenvalue weighted by Gasteiger charge is -2.22. The Morgan fingerprint density at radius 3 is 2.38 bits per heavy atom. The lowest BCUT2D eigenvalue weighted by atomic mass is 10.2. The van der Waals surface area contributed by atoms with Gasteiger partial charge in [0.2, 0.25) is 0 Å². The second-order valence-electron chi connectivity index (χ2n) is 7.71. The monoisotopic (exact) mass is 389 g/mol. The molecule has 0 N–H and O–H groups in total. The largest absolute Gasteiger partial charge is 0.489 e. The van der Waals surface area contributed by atoms with Crippen molar-refractivity contribution in [1.82, 2.24) is 9.47 Å². The summed E-state index contributed by atoms with van der Waals surface area (Å²) in [7, 11) is 4.27. The highest BCUT2D eigenvalue weighted by Crippen LogP contribution is 2.23. The molecular weight excluding hydrogens is 362 g/mol. The molecule has 0 spiro atoms. The highest BCUT2D eigenvalue weighted by atomic mass is 16.5. The smallest absolute Gasteiger partial charge is 0.258 e. The van der Waals surface area contributed by atoms with Gasteiger partial charge in [0.25, 0.3) is 5.56 Å². The average Bonchev–Trinajstić information content (AvgIpc) is 3.24. The maximum atomic E-state index is 12.6. The number of aromatic nitrogens is 1. The van der Waals surface area contributed by atoms with Crippen molar-refractivity contribution in [2.24, 2.45) is 0 Å². The van der Waals surface area contributed by atoms with Gasteiger partial charge in [0.1, 0.15) is 12.4 Å². The Labute approximate surface area is 171 Å². The summed E-state index contributed by atoms with van der Waals surface area (Å²) >= 11 is 0. The topological polar surface area (TPSA) is 37.7 Å². The normalized spacial score (nSPS) is 16.4. The van der Waals surface area contributed by atoms with E-state index < -0.39 is 0 Å². The molecule has 150 valence electrons. The molecule has 2 heterocycles. The van der Waals surface area contributed by atoms with E-state index in [1.165, 1.54) is 12.1 Å². The first-order chi connectivity index (χ1) is 14.1. The molecule has 29 heavy (non-hydrogen) atoms. The van der Waals surface area contributed by atoms with Gasteiger partial charge in [-0.3, -0.25) is 9.36 Å². The van der Waals surface area contributed by atoms with Gasteiger partial charge in [0.15, 0.2) is 0 Å². The van der Waals surface area contributed by atoms with Crippen LogP contribution in [0.4, 0.5) is 5.69 Å². The summed E-state index contributed by atoms with van der Waals surface area (Å²) in [5.74, 6) is 0.582. The maximum absolute atomic E-state index is 12.6. The van der Waals surface area contributed by atoms with E-state index in [2.05, 4.69) is 36.0 Å². The molecule has 0 bridgehead atoms. The van der Waals surface area contributed by atoms with Crippen LogP contribution >= 0.6 is 0 Å². The van der Waals surface area contributed by atoms with E-state index in [1.807, 2.05) is 48.5 Å². The van der Waals surface area contributed by atoms with Gasteiger partial charge >= 0.3 is 0 Å². The van der Waals surface area contributed by atoms with E-state index in [0.717, 1.165) is 24.3 Å². The second-order valence-corrected chi connectivity index (χ2v) is 7.71. The Kier molecular flexibility index (Phi) is 5.67. The molecule has 1 saturated heterocycles. The van der Waals surface area contributed by atoms with Crippen molar-refractivity contribution >= 4 is 5.69 Å². The van der Waals surface area contributed by atoms with Crippen LogP contribution in [0.15, 0.2) is 77.7 Å². The number of benzene rings is 2. The van der Waals surface area contributed by atoms with Crippen molar-refractivity contribution in [3.63, 3.8) is 0 Å². The molecule has 5 heteroatoms. The van der Waals surface area contributed by atoms with Crippen molar-refractivity contribution in [2.45, 2.75) is 19.1 Å². The fourth-order valence-electron chi connectivity index (χ4n) is 3.73. The molecule has 5 nitrogen and oxygen atoms in total. The van der Waals surface area contributed by atoms with Crippen LogP contribution in [-0.4, -0.2) is 42.7 Å². The molecule has 1 aliphatic heterocycles. The van der Waals surface area contributed by atoms with Crippen LogP contribution in [0.1, 0.15) is 12.0 Å². The number of anilines is 1. The molecule has 2 aromatic carbocycles. The summed E-state index contributed by atoms with van der Waals surface area (Å²) in [6.07, 6.45) is 2.95. The van der Waals surface area contributed by atoms with Gasteiger partial charge in [-0.1, -0.05) is 30.3 Å². The Morgan fingerprint density at radius 1 is 1.00 bits per heavy atom. The molecule has 0 radical (unpaired) electrons. The molecule has 1 aromatic heterocycles. The van der Waals surface area contributed by atoms with Crippen LogP contribution in [0.2, 0.25) is 0 Å². The van der Waals surface area contributed by atoms with Gasteiger partial charge in [0, 0.05) is 42.8 Å². The lowest BCUT2D eigenvalue weighted by Crippen LogP contribution is -2.31. The highest BCUT2D eigenvalue weighted by molar-refractivity contribution is 5.52. The van der Waals surface area contributed by atoms with Crippen LogP contribution in [0.5, 0.6) is 5.75 Å². The zero-order chi connectivity index (χ0) is 20.2. The number of nitrogens with zero attached hydrogens (tertiary/aromatic N) is 3. The summed E-state index contributed by atoms with van der Waals surface area (Å²) in [4.78, 5) is 17.3. The van der Waals surface area contributed by atoms with Gasteiger partial charge in [0.05, 0.1) is 0 Å². The number of pyridine rings is 1. The minimum atomic E-state index is -0.0999. The van der Waals surface area contributed by atoms with Gasteiger partial charge in [-0.15, -0.1) is 0 Å². The number of rotatable bonds is 6. The van der Waals surface area contributed by atoms with Crippen molar-refractivity contribution < 1.29 is 4.74 Å². The Morgan fingerprint density at radius 2 is 1.72 bits per heavy atom. The van der Waals surface area contributed by atoms with Crippen LogP contribution in [0, 0.1) is 0 Å². The fourth-order valence-corrected chi connectivity index (χ4v) is 3.73. The van der Waals surface area contributed by atoms with Gasteiger partial charge in [-0.25, -0.2) is 0 Å². The summed E-state index contributed by atoms with van der Waals surface area (Å²) in [5.41, 5.74) is 3.04. The van der Waals surface area contributed by atoms with Crippen LogP contribution in [0.3, 0.4) is 0 Å². The van der Waals surface area contributed by atoms with E-state index in [1.54, 1.807) is 16.8 Å². The van der Waals surface area contributed by atoms with E-state index in [-0.39, 0.29) is 5.56 Å². The first-order valence-electron chi connectivity index (χ1n) is 10.0. The van der Waals surface area contributed by atoms with Gasteiger partial charge in [-0.2, -0.15) is 0 Å². The number of hydrogen-bond acceptors (Lipinski definition) is 4. The van der Waals surface area contributed by atoms with Crippen molar-refractivity contribution in [1.29, 1.82) is 0 Å². The van der Waals surface area contributed by atoms with Crippen molar-refractivity contribution in [3.8, 4) is 11.4 Å². The Balaban J connectivity index is 1.44. The third-order valence-corrected chi connectivity index (χ3v) is 5.53. The first kappa shape index (κ1) is 19.3. The third-order valence-electron chi connectivity index (χ3n) is 5.53. The summed E-state index contributed by atoms with van der Waals surface area (Å²) < 4.78 is 7.40. The van der Waals surface area contributed by atoms with Crippen molar-refractivity contribution in [3.05, 3.63) is 88.8 Å². The quantitative estimate of drug-likeness (QED) is 0.646.